The Morgan fingerprint density at radius 1 is 1.47 bits per heavy atom. The molecule has 1 aromatic rings. The SMILES string of the molecule is NC(=O)c1sc(Br)cc1N1CCC[C@H]1C(N)=O. The van der Waals surface area contributed by atoms with Crippen molar-refractivity contribution in [3.05, 3.63) is 14.7 Å². The van der Waals surface area contributed by atoms with Gasteiger partial charge in [0.1, 0.15) is 10.9 Å². The molecule has 17 heavy (non-hydrogen) atoms. The molecule has 1 aliphatic rings. The Hall–Kier alpha value is -1.08. The molecule has 2 amide bonds. The van der Waals surface area contributed by atoms with E-state index >= 15 is 0 Å². The monoisotopic (exact) mass is 317 g/mol. The first-order chi connectivity index (χ1) is 8.00. The summed E-state index contributed by atoms with van der Waals surface area (Å²) in [6.45, 7) is 0.719. The zero-order valence-electron chi connectivity index (χ0n) is 8.98. The summed E-state index contributed by atoms with van der Waals surface area (Å²) in [4.78, 5) is 25.0. The summed E-state index contributed by atoms with van der Waals surface area (Å²) in [5, 5.41) is 0. The van der Waals surface area contributed by atoms with Crippen LogP contribution in [0.4, 0.5) is 5.69 Å². The minimum atomic E-state index is -0.481. The maximum absolute atomic E-state index is 11.3. The van der Waals surface area contributed by atoms with Crippen LogP contribution in [0.2, 0.25) is 0 Å². The molecular weight excluding hydrogens is 306 g/mol. The molecule has 2 rings (SSSR count). The fraction of sp³-hybridized carbons (Fsp3) is 0.400. The number of hydrogen-bond acceptors (Lipinski definition) is 4. The van der Waals surface area contributed by atoms with Crippen LogP contribution in [0.25, 0.3) is 0 Å². The normalized spacial score (nSPS) is 19.6. The lowest BCUT2D eigenvalue weighted by Gasteiger charge is -2.23. The lowest BCUT2D eigenvalue weighted by atomic mass is 10.2. The van der Waals surface area contributed by atoms with E-state index in [1.165, 1.54) is 11.3 Å². The molecule has 92 valence electrons. The van der Waals surface area contributed by atoms with Crippen LogP contribution < -0.4 is 16.4 Å². The summed E-state index contributed by atoms with van der Waals surface area (Å²) in [6, 6.07) is 1.47. The van der Waals surface area contributed by atoms with E-state index < -0.39 is 5.91 Å². The summed E-state index contributed by atoms with van der Waals surface area (Å²) >= 11 is 4.59. The highest BCUT2D eigenvalue weighted by Gasteiger charge is 2.32. The van der Waals surface area contributed by atoms with Gasteiger partial charge >= 0.3 is 0 Å². The number of thiophene rings is 1. The number of carbonyl (C=O) groups is 2. The molecule has 0 aromatic carbocycles. The summed E-state index contributed by atoms with van der Waals surface area (Å²) < 4.78 is 0.816. The van der Waals surface area contributed by atoms with Gasteiger partial charge in [-0.3, -0.25) is 9.59 Å². The standard InChI is InChI=1S/C10H12BrN3O2S/c11-7-4-6(8(17-7)10(13)16)14-3-1-2-5(14)9(12)15/h4-5H,1-3H2,(H2,12,15)(H2,13,16)/t5-/m0/s1. The molecule has 0 spiro atoms. The van der Waals surface area contributed by atoms with Crippen molar-refractivity contribution in [2.24, 2.45) is 11.5 Å². The zero-order chi connectivity index (χ0) is 12.6. The van der Waals surface area contributed by atoms with Crippen molar-refractivity contribution in [3.8, 4) is 0 Å². The van der Waals surface area contributed by atoms with Crippen LogP contribution >= 0.6 is 27.3 Å². The van der Waals surface area contributed by atoms with Crippen molar-refractivity contribution in [2.75, 3.05) is 11.4 Å². The first-order valence-corrected chi connectivity index (χ1v) is 6.76. The molecule has 7 heteroatoms. The number of nitrogens with two attached hydrogens (primary N) is 2. The third kappa shape index (κ3) is 2.30. The number of rotatable bonds is 3. The summed E-state index contributed by atoms with van der Waals surface area (Å²) in [5.74, 6) is -0.842. The zero-order valence-corrected chi connectivity index (χ0v) is 11.4. The Morgan fingerprint density at radius 3 is 2.76 bits per heavy atom. The minimum Gasteiger partial charge on any atom is -0.368 e. The number of nitrogens with zero attached hydrogens (tertiary/aromatic N) is 1. The van der Waals surface area contributed by atoms with Gasteiger partial charge in [-0.2, -0.15) is 0 Å². The van der Waals surface area contributed by atoms with Gasteiger partial charge in [-0.1, -0.05) is 0 Å². The van der Waals surface area contributed by atoms with Gasteiger partial charge in [-0.15, -0.1) is 11.3 Å². The van der Waals surface area contributed by atoms with Crippen LogP contribution in [-0.4, -0.2) is 24.4 Å². The van der Waals surface area contributed by atoms with E-state index in [0.717, 1.165) is 23.2 Å². The van der Waals surface area contributed by atoms with E-state index in [-0.39, 0.29) is 11.9 Å². The smallest absolute Gasteiger partial charge is 0.260 e. The maximum atomic E-state index is 11.3. The molecule has 0 aliphatic carbocycles. The lowest BCUT2D eigenvalue weighted by molar-refractivity contribution is -0.119. The summed E-state index contributed by atoms with van der Waals surface area (Å²) in [5.41, 5.74) is 11.4. The second kappa shape index (κ2) is 4.66. The number of amides is 2. The Balaban J connectivity index is 2.39. The van der Waals surface area contributed by atoms with E-state index in [0.29, 0.717) is 10.6 Å². The molecule has 1 atom stereocenters. The van der Waals surface area contributed by atoms with E-state index in [2.05, 4.69) is 15.9 Å². The van der Waals surface area contributed by atoms with Gasteiger partial charge in [-0.05, 0) is 34.8 Å². The molecule has 1 aliphatic heterocycles. The molecule has 1 fully saturated rings. The maximum Gasteiger partial charge on any atom is 0.260 e. The predicted molar refractivity (Wildman–Crippen MR) is 70.1 cm³/mol. The molecule has 0 radical (unpaired) electrons. The largest absolute Gasteiger partial charge is 0.368 e. The van der Waals surface area contributed by atoms with E-state index in [1.54, 1.807) is 0 Å². The fourth-order valence-electron chi connectivity index (χ4n) is 2.09. The Morgan fingerprint density at radius 2 is 2.18 bits per heavy atom. The van der Waals surface area contributed by atoms with Gasteiger partial charge in [0.05, 0.1) is 9.47 Å². The first-order valence-electron chi connectivity index (χ1n) is 5.16. The number of carbonyl (C=O) groups excluding carboxylic acids is 2. The average molecular weight is 318 g/mol. The topological polar surface area (TPSA) is 89.4 Å². The van der Waals surface area contributed by atoms with Crippen LogP contribution in [0.1, 0.15) is 22.5 Å². The minimum absolute atomic E-state index is 0.338. The quantitative estimate of drug-likeness (QED) is 0.873. The average Bonchev–Trinajstić information content (AvgIpc) is 2.82. The van der Waals surface area contributed by atoms with Gasteiger partial charge in [0, 0.05) is 6.54 Å². The third-order valence-corrected chi connectivity index (χ3v) is 4.44. The second-order valence-electron chi connectivity index (χ2n) is 3.88. The molecule has 0 unspecified atom stereocenters. The first kappa shape index (κ1) is 12.4. The number of hydrogen-bond donors (Lipinski definition) is 2. The van der Waals surface area contributed by atoms with Crippen molar-refractivity contribution < 1.29 is 9.59 Å². The van der Waals surface area contributed by atoms with E-state index in [1.807, 2.05) is 11.0 Å². The summed E-state index contributed by atoms with van der Waals surface area (Å²) in [7, 11) is 0. The van der Waals surface area contributed by atoms with Crippen molar-refractivity contribution in [3.63, 3.8) is 0 Å². The van der Waals surface area contributed by atoms with Crippen molar-refractivity contribution >= 4 is 44.8 Å². The molecule has 5 nitrogen and oxygen atoms in total. The van der Waals surface area contributed by atoms with E-state index in [9.17, 15) is 9.59 Å². The molecule has 2 heterocycles. The number of primary amides is 2. The van der Waals surface area contributed by atoms with Crippen LogP contribution in [-0.2, 0) is 4.79 Å². The van der Waals surface area contributed by atoms with E-state index in [4.69, 9.17) is 11.5 Å². The van der Waals surface area contributed by atoms with Crippen LogP contribution in [0, 0.1) is 0 Å². The number of anilines is 1. The highest BCUT2D eigenvalue weighted by Crippen LogP contribution is 2.36. The van der Waals surface area contributed by atoms with Gasteiger partial charge < -0.3 is 16.4 Å². The van der Waals surface area contributed by atoms with Crippen LogP contribution in [0.15, 0.2) is 9.85 Å². The molecule has 1 saturated heterocycles. The molecule has 1 aromatic heterocycles. The van der Waals surface area contributed by atoms with Gasteiger partial charge in [0.2, 0.25) is 5.91 Å². The van der Waals surface area contributed by atoms with Gasteiger partial charge in [-0.25, -0.2) is 0 Å². The van der Waals surface area contributed by atoms with Crippen molar-refractivity contribution in [2.45, 2.75) is 18.9 Å². The Bertz CT molecular complexity index is 474. The second-order valence-corrected chi connectivity index (χ2v) is 6.31. The Kier molecular flexibility index (Phi) is 3.39. The summed E-state index contributed by atoms with van der Waals surface area (Å²) in [6.07, 6.45) is 1.61. The fourth-order valence-corrected chi connectivity index (χ4v) is 3.54. The highest BCUT2D eigenvalue weighted by molar-refractivity contribution is 9.11. The Labute approximate surface area is 111 Å². The van der Waals surface area contributed by atoms with Crippen LogP contribution in [0.3, 0.4) is 0 Å². The lowest BCUT2D eigenvalue weighted by Crippen LogP contribution is -2.40. The molecule has 0 bridgehead atoms. The molecular formula is C10H12BrN3O2S. The predicted octanol–water partition coefficient (Wildman–Crippen LogP) is 1.06. The number of halogens is 1. The molecule has 0 saturated carbocycles. The van der Waals surface area contributed by atoms with Crippen molar-refractivity contribution in [1.29, 1.82) is 0 Å². The highest BCUT2D eigenvalue weighted by atomic mass is 79.9. The van der Waals surface area contributed by atoms with Gasteiger partial charge in [0.25, 0.3) is 5.91 Å². The van der Waals surface area contributed by atoms with Crippen molar-refractivity contribution in [1.82, 2.24) is 0 Å². The van der Waals surface area contributed by atoms with Gasteiger partial charge in [0.15, 0.2) is 0 Å². The molecule has 4 N–H and O–H groups in total. The van der Waals surface area contributed by atoms with Crippen LogP contribution in [0.5, 0.6) is 0 Å². The third-order valence-electron chi connectivity index (χ3n) is 2.80.